The fourth-order valence-corrected chi connectivity index (χ4v) is 5.16. The molecular formula is C27H23AsN6. The van der Waals surface area contributed by atoms with E-state index in [9.17, 15) is 0 Å². The van der Waals surface area contributed by atoms with Gasteiger partial charge in [0.15, 0.2) is 0 Å². The Morgan fingerprint density at radius 3 is 2.56 bits per heavy atom. The van der Waals surface area contributed by atoms with Crippen LogP contribution < -0.4 is 10.2 Å². The van der Waals surface area contributed by atoms with E-state index in [1.807, 2.05) is 27.4 Å². The molecular weight excluding hydrogens is 483 g/mol. The van der Waals surface area contributed by atoms with E-state index in [1.54, 1.807) is 6.33 Å². The van der Waals surface area contributed by atoms with Crippen molar-refractivity contribution in [1.29, 1.82) is 0 Å². The topological polar surface area (TPSA) is 74.0 Å². The van der Waals surface area contributed by atoms with Gasteiger partial charge in [-0.3, -0.25) is 0 Å². The van der Waals surface area contributed by atoms with Crippen LogP contribution in [-0.2, 0) is 13.1 Å². The van der Waals surface area contributed by atoms with Crippen LogP contribution >= 0.6 is 0 Å². The summed E-state index contributed by atoms with van der Waals surface area (Å²) in [6, 6.07) is 27.4. The zero-order valence-corrected chi connectivity index (χ0v) is 20.9. The molecule has 3 aromatic carbocycles. The van der Waals surface area contributed by atoms with Crippen molar-refractivity contribution in [2.45, 2.75) is 13.1 Å². The number of benzene rings is 3. The van der Waals surface area contributed by atoms with Gasteiger partial charge in [0.05, 0.1) is 0 Å². The van der Waals surface area contributed by atoms with E-state index in [0.717, 1.165) is 55.4 Å². The van der Waals surface area contributed by atoms with Crippen LogP contribution in [0.3, 0.4) is 0 Å². The van der Waals surface area contributed by atoms with Crippen molar-refractivity contribution >= 4 is 37.8 Å². The first-order chi connectivity index (χ1) is 16.7. The first kappa shape index (κ1) is 20.8. The van der Waals surface area contributed by atoms with Crippen LogP contribution in [0.4, 0.5) is 0 Å². The number of hydrogen-bond donors (Lipinski definition) is 1. The van der Waals surface area contributed by atoms with Crippen LogP contribution in [0.1, 0.15) is 11.1 Å². The summed E-state index contributed by atoms with van der Waals surface area (Å²) in [6.07, 6.45) is 3.73. The molecule has 3 heterocycles. The number of nitrogens with two attached hydrogens (primary N) is 1. The van der Waals surface area contributed by atoms with E-state index in [0.29, 0.717) is 6.54 Å². The summed E-state index contributed by atoms with van der Waals surface area (Å²) in [7, 11) is 0. The van der Waals surface area contributed by atoms with Gasteiger partial charge in [0, 0.05) is 0 Å². The van der Waals surface area contributed by atoms with Crippen LogP contribution in [0, 0.1) is 0 Å². The number of nitrogens with zero attached hydrogens (tertiary/aromatic N) is 5. The average molecular weight is 506 g/mol. The molecule has 1 unspecified atom stereocenters. The number of aromatic nitrogens is 5. The molecule has 166 valence electrons. The second kappa shape index (κ2) is 8.56. The van der Waals surface area contributed by atoms with Gasteiger partial charge < -0.3 is 0 Å². The van der Waals surface area contributed by atoms with Gasteiger partial charge in [-0.1, -0.05) is 6.07 Å². The molecule has 2 N–H and O–H groups in total. The van der Waals surface area contributed by atoms with Crippen molar-refractivity contribution in [1.82, 2.24) is 24.4 Å². The van der Waals surface area contributed by atoms with Crippen LogP contribution in [-0.4, -0.2) is 41.2 Å². The van der Waals surface area contributed by atoms with E-state index in [2.05, 4.69) is 76.9 Å². The van der Waals surface area contributed by atoms with Crippen LogP contribution in [0.25, 0.3) is 38.8 Å². The third-order valence-corrected chi connectivity index (χ3v) is 6.98. The molecule has 6 aromatic rings. The predicted molar refractivity (Wildman–Crippen MR) is 139 cm³/mol. The first-order valence-electron chi connectivity index (χ1n) is 11.1. The molecule has 0 aliphatic carbocycles. The standard InChI is InChI=1S/C27H23AsN6/c28-27-26-23(13-25(34(26)31-17-30-27)21-8-4-7-19(11-21)14-29)20-9-10-22-16-33(32-24(22)12-20)15-18-5-2-1-3-6-18/h1-13,16-17H,14-15,28-29H2. The van der Waals surface area contributed by atoms with Crippen LogP contribution in [0.2, 0.25) is 0 Å². The van der Waals surface area contributed by atoms with Crippen molar-refractivity contribution in [3.8, 4) is 22.4 Å². The van der Waals surface area contributed by atoms with Gasteiger partial charge in [-0.25, -0.2) is 0 Å². The van der Waals surface area contributed by atoms with Crippen molar-refractivity contribution < 1.29 is 0 Å². The predicted octanol–water partition coefficient (Wildman–Crippen LogP) is 3.18. The maximum atomic E-state index is 5.89. The molecule has 0 radical (unpaired) electrons. The molecule has 34 heavy (non-hydrogen) atoms. The molecule has 6 nitrogen and oxygen atoms in total. The molecule has 6 rings (SSSR count). The average Bonchev–Trinajstić information content (AvgIpc) is 3.46. The van der Waals surface area contributed by atoms with Gasteiger partial charge in [-0.2, -0.15) is 0 Å². The molecule has 0 saturated carbocycles. The Hall–Kier alpha value is -3.73. The minimum absolute atomic E-state index is 0.503. The van der Waals surface area contributed by atoms with Crippen LogP contribution in [0.15, 0.2) is 91.4 Å². The molecule has 1 atom stereocenters. The van der Waals surface area contributed by atoms with E-state index in [1.165, 1.54) is 22.4 Å². The Bertz CT molecular complexity index is 1630. The summed E-state index contributed by atoms with van der Waals surface area (Å²) in [5.41, 5.74) is 14.5. The summed E-state index contributed by atoms with van der Waals surface area (Å²) in [4.78, 5) is 4.50. The quantitative estimate of drug-likeness (QED) is 0.365. The molecule has 0 aliphatic rings. The van der Waals surface area contributed by atoms with E-state index < -0.39 is 0 Å². The van der Waals surface area contributed by atoms with Crippen molar-refractivity contribution in [3.05, 3.63) is 103 Å². The maximum absolute atomic E-state index is 5.89. The number of rotatable bonds is 5. The Kier molecular flexibility index (Phi) is 5.25. The second-order valence-electron chi connectivity index (χ2n) is 8.34. The molecule has 3 aromatic heterocycles. The molecule has 0 fully saturated rings. The summed E-state index contributed by atoms with van der Waals surface area (Å²) < 4.78 is 4.99. The van der Waals surface area contributed by atoms with Crippen molar-refractivity contribution in [2.75, 3.05) is 0 Å². The molecule has 0 amide bonds. The zero-order chi connectivity index (χ0) is 23.1. The molecule has 0 aliphatic heterocycles. The van der Waals surface area contributed by atoms with E-state index in [4.69, 9.17) is 10.8 Å². The zero-order valence-electron chi connectivity index (χ0n) is 18.5. The van der Waals surface area contributed by atoms with Gasteiger partial charge in [0.1, 0.15) is 0 Å². The summed E-state index contributed by atoms with van der Waals surface area (Å²) >= 11 is 1.48. The van der Waals surface area contributed by atoms with E-state index in [-0.39, 0.29) is 0 Å². The second-order valence-corrected chi connectivity index (χ2v) is 9.49. The number of hydrogen-bond acceptors (Lipinski definition) is 4. The first-order valence-corrected chi connectivity index (χ1v) is 12.3. The molecule has 0 saturated heterocycles. The van der Waals surface area contributed by atoms with Gasteiger partial charge in [0.2, 0.25) is 0 Å². The monoisotopic (exact) mass is 506 g/mol. The Labute approximate surface area is 205 Å². The van der Waals surface area contributed by atoms with Crippen LogP contribution in [0.5, 0.6) is 0 Å². The summed E-state index contributed by atoms with van der Waals surface area (Å²) in [5, 5.41) is 10.6. The molecule has 7 heteroatoms. The van der Waals surface area contributed by atoms with Gasteiger partial charge in [-0.05, 0) is 0 Å². The Morgan fingerprint density at radius 1 is 0.853 bits per heavy atom. The fourth-order valence-electron chi connectivity index (χ4n) is 4.44. The van der Waals surface area contributed by atoms with E-state index >= 15 is 0 Å². The number of fused-ring (bicyclic) bond motifs is 2. The Balaban J connectivity index is 1.47. The third kappa shape index (κ3) is 3.71. The van der Waals surface area contributed by atoms with Crippen molar-refractivity contribution in [2.24, 2.45) is 5.73 Å². The van der Waals surface area contributed by atoms with Gasteiger partial charge >= 0.3 is 200 Å². The van der Waals surface area contributed by atoms with Gasteiger partial charge in [0.25, 0.3) is 0 Å². The normalized spacial score (nSPS) is 11.5. The van der Waals surface area contributed by atoms with Gasteiger partial charge in [-0.15, -0.1) is 0 Å². The third-order valence-electron chi connectivity index (χ3n) is 6.09. The summed E-state index contributed by atoms with van der Waals surface area (Å²) in [6.45, 7) is 1.25. The molecule has 0 bridgehead atoms. The summed E-state index contributed by atoms with van der Waals surface area (Å²) in [5.74, 6) is 0. The minimum atomic E-state index is 0.503. The fraction of sp³-hybridized carbons (Fsp3) is 0.0741. The molecule has 0 spiro atoms. The SMILES string of the molecule is NCc1cccc(-c2cc(-c3ccc4cn(Cc5ccccc5)nc4c3)c3c([AsH2])ncnn23)c1. The Morgan fingerprint density at radius 2 is 1.71 bits per heavy atom. The van der Waals surface area contributed by atoms with Crippen molar-refractivity contribution in [3.63, 3.8) is 0 Å².